The number of benzene rings is 2. The van der Waals surface area contributed by atoms with Gasteiger partial charge in [-0.25, -0.2) is 13.4 Å². The smallest absolute Gasteiger partial charge is 0.240 e. The van der Waals surface area contributed by atoms with E-state index < -0.39 is 10.0 Å². The molecular formula is C19H20N2O2S2. The van der Waals surface area contributed by atoms with E-state index in [1.54, 1.807) is 24.5 Å². The molecule has 0 aliphatic heterocycles. The summed E-state index contributed by atoms with van der Waals surface area (Å²) in [7, 11) is -1.88. The number of aryl methyl sites for hydroxylation is 2. The van der Waals surface area contributed by atoms with Crippen LogP contribution in [0, 0.1) is 0 Å². The van der Waals surface area contributed by atoms with Crippen LogP contribution in [0.25, 0.3) is 10.2 Å². The first-order valence-electron chi connectivity index (χ1n) is 8.46. The molecule has 0 amide bonds. The van der Waals surface area contributed by atoms with Gasteiger partial charge in [-0.2, -0.15) is 4.31 Å². The quantitative estimate of drug-likeness (QED) is 0.696. The summed E-state index contributed by atoms with van der Waals surface area (Å²) < 4.78 is 28.4. The van der Waals surface area contributed by atoms with Gasteiger partial charge in [0.05, 0.1) is 21.7 Å². The van der Waals surface area contributed by atoms with E-state index in [4.69, 9.17) is 0 Å². The van der Waals surface area contributed by atoms with E-state index in [1.165, 1.54) is 21.9 Å². The molecule has 4 rings (SSSR count). The topological polar surface area (TPSA) is 50.3 Å². The maximum Gasteiger partial charge on any atom is 0.243 e. The third kappa shape index (κ3) is 3.21. The maximum atomic E-state index is 12.9. The van der Waals surface area contributed by atoms with Gasteiger partial charge in [0.1, 0.15) is 5.01 Å². The molecule has 4 nitrogen and oxygen atoms in total. The fraction of sp³-hybridized carbons (Fsp3) is 0.316. The molecule has 2 aromatic carbocycles. The van der Waals surface area contributed by atoms with Gasteiger partial charge in [-0.3, -0.25) is 0 Å². The Kier molecular flexibility index (Phi) is 4.35. The number of para-hydroxylation sites is 1. The van der Waals surface area contributed by atoms with Crippen LogP contribution in [0.1, 0.15) is 29.0 Å². The molecule has 1 aliphatic rings. The predicted octanol–water partition coefficient (Wildman–Crippen LogP) is 4.00. The Balaban J connectivity index is 1.60. The van der Waals surface area contributed by atoms with Gasteiger partial charge in [-0.05, 0) is 61.1 Å². The summed E-state index contributed by atoms with van der Waals surface area (Å²) in [5, 5.41) is 0.810. The van der Waals surface area contributed by atoms with Gasteiger partial charge in [0.15, 0.2) is 0 Å². The van der Waals surface area contributed by atoms with Crippen LogP contribution < -0.4 is 0 Å². The van der Waals surface area contributed by atoms with Gasteiger partial charge in [0.25, 0.3) is 0 Å². The number of hydrogen-bond donors (Lipinski definition) is 0. The average molecular weight is 373 g/mol. The minimum Gasteiger partial charge on any atom is -0.240 e. The Hall–Kier alpha value is -1.76. The normalized spacial score (nSPS) is 14.8. The number of fused-ring (bicyclic) bond motifs is 2. The molecule has 0 saturated heterocycles. The first kappa shape index (κ1) is 16.7. The standard InChI is InChI=1S/C19H20N2O2S2/c1-21(13-19-20-17-8-4-5-9-18(17)24-19)25(22,23)16-11-10-14-6-2-3-7-15(14)12-16/h4-5,8-12H,2-3,6-7,13H2,1H3. The summed E-state index contributed by atoms with van der Waals surface area (Å²) in [6, 6.07) is 13.5. The Bertz CT molecular complexity index is 992. The number of nitrogens with zero attached hydrogens (tertiary/aromatic N) is 2. The number of sulfonamides is 1. The Morgan fingerprint density at radius 3 is 2.64 bits per heavy atom. The van der Waals surface area contributed by atoms with Gasteiger partial charge in [0.2, 0.25) is 10.0 Å². The van der Waals surface area contributed by atoms with Crippen molar-refractivity contribution in [1.29, 1.82) is 0 Å². The molecule has 0 unspecified atom stereocenters. The number of rotatable bonds is 4. The van der Waals surface area contributed by atoms with E-state index in [1.807, 2.05) is 36.4 Å². The van der Waals surface area contributed by atoms with Crippen LogP contribution >= 0.6 is 11.3 Å². The van der Waals surface area contributed by atoms with Gasteiger partial charge >= 0.3 is 0 Å². The fourth-order valence-corrected chi connectivity index (χ4v) is 5.60. The molecule has 6 heteroatoms. The van der Waals surface area contributed by atoms with Gasteiger partial charge in [-0.15, -0.1) is 11.3 Å². The van der Waals surface area contributed by atoms with Crippen molar-refractivity contribution in [3.05, 3.63) is 58.6 Å². The fourth-order valence-electron chi connectivity index (χ4n) is 3.31. The number of aromatic nitrogens is 1. The van der Waals surface area contributed by atoms with Crippen molar-refractivity contribution >= 4 is 31.6 Å². The largest absolute Gasteiger partial charge is 0.243 e. The highest BCUT2D eigenvalue weighted by molar-refractivity contribution is 7.89. The Morgan fingerprint density at radius 1 is 1.08 bits per heavy atom. The lowest BCUT2D eigenvalue weighted by atomic mass is 9.92. The third-order valence-electron chi connectivity index (χ3n) is 4.72. The second-order valence-corrected chi connectivity index (χ2v) is 9.63. The zero-order chi connectivity index (χ0) is 17.4. The van der Waals surface area contributed by atoms with Crippen LogP contribution in [0.3, 0.4) is 0 Å². The monoisotopic (exact) mass is 372 g/mol. The van der Waals surface area contributed by atoms with E-state index in [2.05, 4.69) is 4.98 Å². The molecular weight excluding hydrogens is 352 g/mol. The molecule has 0 bridgehead atoms. The lowest BCUT2D eigenvalue weighted by Crippen LogP contribution is -2.26. The third-order valence-corrected chi connectivity index (χ3v) is 7.54. The van der Waals surface area contributed by atoms with Crippen LogP contribution in [0.4, 0.5) is 0 Å². The van der Waals surface area contributed by atoms with E-state index in [0.717, 1.165) is 34.5 Å². The Labute approximate surface area is 152 Å². The highest BCUT2D eigenvalue weighted by Crippen LogP contribution is 2.27. The van der Waals surface area contributed by atoms with E-state index in [0.29, 0.717) is 11.4 Å². The summed E-state index contributed by atoms with van der Waals surface area (Å²) in [6.45, 7) is 0.290. The lowest BCUT2D eigenvalue weighted by Gasteiger charge is -2.19. The first-order chi connectivity index (χ1) is 12.0. The maximum absolute atomic E-state index is 12.9. The van der Waals surface area contributed by atoms with Crippen LogP contribution in [0.15, 0.2) is 47.4 Å². The molecule has 0 saturated carbocycles. The van der Waals surface area contributed by atoms with Gasteiger partial charge in [0, 0.05) is 7.05 Å². The summed E-state index contributed by atoms with van der Waals surface area (Å²) >= 11 is 1.54. The Morgan fingerprint density at radius 2 is 1.84 bits per heavy atom. The van der Waals surface area contributed by atoms with Gasteiger partial charge < -0.3 is 0 Å². The van der Waals surface area contributed by atoms with Crippen LogP contribution in [-0.4, -0.2) is 24.8 Å². The van der Waals surface area contributed by atoms with Crippen molar-refractivity contribution in [3.63, 3.8) is 0 Å². The van der Waals surface area contributed by atoms with E-state index >= 15 is 0 Å². The van der Waals surface area contributed by atoms with Crippen molar-refractivity contribution in [2.75, 3.05) is 7.05 Å². The van der Waals surface area contributed by atoms with Crippen LogP contribution in [0.2, 0.25) is 0 Å². The second kappa shape index (κ2) is 6.52. The molecule has 1 heterocycles. The first-order valence-corrected chi connectivity index (χ1v) is 10.7. The molecule has 3 aromatic rings. The molecule has 0 N–H and O–H groups in total. The molecule has 0 atom stereocenters. The van der Waals surface area contributed by atoms with E-state index in [9.17, 15) is 8.42 Å². The summed E-state index contributed by atoms with van der Waals surface area (Å²) in [5.41, 5.74) is 3.39. The number of hydrogen-bond acceptors (Lipinski definition) is 4. The molecule has 25 heavy (non-hydrogen) atoms. The van der Waals surface area contributed by atoms with Crippen LogP contribution in [0.5, 0.6) is 0 Å². The van der Waals surface area contributed by atoms with Gasteiger partial charge in [-0.1, -0.05) is 18.2 Å². The van der Waals surface area contributed by atoms with Crippen molar-refractivity contribution in [3.8, 4) is 0 Å². The van der Waals surface area contributed by atoms with Crippen molar-refractivity contribution in [2.24, 2.45) is 0 Å². The molecule has 0 radical (unpaired) electrons. The lowest BCUT2D eigenvalue weighted by molar-refractivity contribution is 0.466. The molecule has 1 aromatic heterocycles. The van der Waals surface area contributed by atoms with Crippen molar-refractivity contribution in [2.45, 2.75) is 37.1 Å². The average Bonchev–Trinajstić information content (AvgIpc) is 3.03. The minimum absolute atomic E-state index is 0.290. The van der Waals surface area contributed by atoms with Crippen molar-refractivity contribution < 1.29 is 8.42 Å². The number of thiazole rings is 1. The van der Waals surface area contributed by atoms with E-state index in [-0.39, 0.29) is 0 Å². The summed E-state index contributed by atoms with van der Waals surface area (Å²) in [6.07, 6.45) is 4.35. The second-order valence-electron chi connectivity index (χ2n) is 6.47. The van der Waals surface area contributed by atoms with Crippen LogP contribution in [-0.2, 0) is 29.4 Å². The highest BCUT2D eigenvalue weighted by Gasteiger charge is 2.23. The van der Waals surface area contributed by atoms with Crippen molar-refractivity contribution in [1.82, 2.24) is 9.29 Å². The zero-order valence-corrected chi connectivity index (χ0v) is 15.7. The predicted molar refractivity (Wildman–Crippen MR) is 101 cm³/mol. The minimum atomic E-state index is -3.51. The molecule has 1 aliphatic carbocycles. The SMILES string of the molecule is CN(Cc1nc2ccccc2s1)S(=O)(=O)c1ccc2c(c1)CCCC2. The summed E-state index contributed by atoms with van der Waals surface area (Å²) in [5.74, 6) is 0. The molecule has 0 fully saturated rings. The summed E-state index contributed by atoms with van der Waals surface area (Å²) in [4.78, 5) is 4.93. The molecule has 130 valence electrons. The zero-order valence-electron chi connectivity index (χ0n) is 14.1. The molecule has 0 spiro atoms. The highest BCUT2D eigenvalue weighted by atomic mass is 32.2.